The average molecular weight is 383 g/mol. The van der Waals surface area contributed by atoms with Crippen LogP contribution in [-0.2, 0) is 4.74 Å². The third-order valence-corrected chi connectivity index (χ3v) is 4.57. The molecule has 0 saturated heterocycles. The van der Waals surface area contributed by atoms with Crippen molar-refractivity contribution in [1.29, 1.82) is 0 Å². The summed E-state index contributed by atoms with van der Waals surface area (Å²) < 4.78 is 11.8. The van der Waals surface area contributed by atoms with Gasteiger partial charge >= 0.3 is 0 Å². The van der Waals surface area contributed by atoms with E-state index in [2.05, 4.69) is 36.6 Å². The molecule has 3 rings (SSSR count). The van der Waals surface area contributed by atoms with Gasteiger partial charge < -0.3 is 25.0 Å². The van der Waals surface area contributed by atoms with Crippen molar-refractivity contribution < 1.29 is 14.3 Å². The molecule has 1 aliphatic rings. The van der Waals surface area contributed by atoms with Crippen LogP contribution >= 0.6 is 0 Å². The van der Waals surface area contributed by atoms with Gasteiger partial charge in [-0.25, -0.2) is 0 Å². The lowest BCUT2D eigenvalue weighted by molar-refractivity contribution is 0.0687. The normalized spacial score (nSPS) is 18.1. The van der Waals surface area contributed by atoms with Gasteiger partial charge in [0.1, 0.15) is 12.4 Å². The quantitative estimate of drug-likeness (QED) is 0.684. The van der Waals surface area contributed by atoms with Crippen molar-refractivity contribution in [1.82, 2.24) is 4.90 Å². The average Bonchev–Trinajstić information content (AvgIpc) is 2.67. The van der Waals surface area contributed by atoms with Crippen LogP contribution in [0.5, 0.6) is 5.75 Å². The molecule has 2 aromatic rings. The molecule has 0 fully saturated rings. The largest absolute Gasteiger partial charge is 0.489 e. The highest BCUT2D eigenvalue weighted by molar-refractivity contribution is 6.05. The van der Waals surface area contributed by atoms with Gasteiger partial charge in [0, 0.05) is 17.9 Å². The molecular formula is C22H29N3O3. The molecule has 1 heterocycles. The maximum absolute atomic E-state index is 12.6. The number of carbonyl (C=O) groups excluding carboxylic acids is 1. The fourth-order valence-corrected chi connectivity index (χ4v) is 3.08. The monoisotopic (exact) mass is 383 g/mol. The van der Waals surface area contributed by atoms with Crippen LogP contribution in [0.1, 0.15) is 23.7 Å². The number of ether oxygens (including phenoxy) is 2. The second-order valence-electron chi connectivity index (χ2n) is 7.71. The van der Waals surface area contributed by atoms with Crippen LogP contribution in [0.4, 0.5) is 11.4 Å². The number of hydrogen-bond acceptors (Lipinski definition) is 5. The Morgan fingerprint density at radius 1 is 1.25 bits per heavy atom. The highest BCUT2D eigenvalue weighted by atomic mass is 16.5. The Morgan fingerprint density at radius 3 is 2.79 bits per heavy atom. The molecule has 0 bridgehead atoms. The van der Waals surface area contributed by atoms with Crippen molar-refractivity contribution in [2.45, 2.75) is 18.9 Å². The zero-order valence-electron chi connectivity index (χ0n) is 16.8. The van der Waals surface area contributed by atoms with Gasteiger partial charge in [0.2, 0.25) is 0 Å². The summed E-state index contributed by atoms with van der Waals surface area (Å²) in [5.74, 6) is 0.601. The second kappa shape index (κ2) is 9.08. The van der Waals surface area contributed by atoms with Crippen LogP contribution < -0.4 is 15.4 Å². The first-order valence-corrected chi connectivity index (χ1v) is 9.59. The number of carbonyl (C=O) groups is 1. The maximum Gasteiger partial charge on any atom is 0.255 e. The molecule has 0 spiro atoms. The third kappa shape index (κ3) is 5.47. The lowest BCUT2D eigenvalue weighted by Crippen LogP contribution is -2.48. The molecule has 6 heteroatoms. The topological polar surface area (TPSA) is 62.8 Å². The van der Waals surface area contributed by atoms with E-state index in [1.54, 1.807) is 6.07 Å². The number of hydrogen-bond donors (Lipinski definition) is 2. The lowest BCUT2D eigenvalue weighted by atomic mass is 10.0. The molecule has 0 radical (unpaired) electrons. The fourth-order valence-electron chi connectivity index (χ4n) is 3.08. The molecule has 2 N–H and O–H groups in total. The number of fused-ring (bicyclic) bond motifs is 1. The Hall–Kier alpha value is -2.57. The van der Waals surface area contributed by atoms with Gasteiger partial charge in [-0.3, -0.25) is 4.79 Å². The number of amides is 1. The van der Waals surface area contributed by atoms with E-state index in [-0.39, 0.29) is 11.4 Å². The van der Waals surface area contributed by atoms with Gasteiger partial charge in [-0.1, -0.05) is 18.2 Å². The van der Waals surface area contributed by atoms with Gasteiger partial charge in [-0.05, 0) is 64.3 Å². The van der Waals surface area contributed by atoms with Crippen LogP contribution in [0.15, 0.2) is 48.5 Å². The third-order valence-electron chi connectivity index (χ3n) is 4.57. The summed E-state index contributed by atoms with van der Waals surface area (Å²) in [6.45, 7) is 4.84. The standard InChI is InChI=1S/C22H29N3O3/c1-22(15-27-13-7-12-25(2)3)16-28-20-11-10-17(14-19(20)24-22)21(26)23-18-8-5-4-6-9-18/h4-6,8-11,14,24H,7,12-13,15-16H2,1-3H3,(H,23,26). The van der Waals surface area contributed by atoms with E-state index < -0.39 is 0 Å². The molecular weight excluding hydrogens is 354 g/mol. The van der Waals surface area contributed by atoms with Crippen LogP contribution in [0.25, 0.3) is 0 Å². The van der Waals surface area contributed by atoms with E-state index in [1.807, 2.05) is 42.5 Å². The molecule has 1 amide bonds. The molecule has 1 aliphatic heterocycles. The van der Waals surface area contributed by atoms with Crippen molar-refractivity contribution in [2.75, 3.05) is 51.1 Å². The lowest BCUT2D eigenvalue weighted by Gasteiger charge is -2.36. The summed E-state index contributed by atoms with van der Waals surface area (Å²) in [5, 5.41) is 6.40. The summed E-state index contributed by atoms with van der Waals surface area (Å²) in [6, 6.07) is 14.9. The minimum absolute atomic E-state index is 0.150. The first kappa shape index (κ1) is 20.2. The number of benzene rings is 2. The number of nitrogens with one attached hydrogen (secondary N) is 2. The van der Waals surface area contributed by atoms with E-state index in [0.717, 1.165) is 30.1 Å². The Labute approximate surface area is 166 Å². The Balaban J connectivity index is 1.60. The van der Waals surface area contributed by atoms with E-state index in [4.69, 9.17) is 9.47 Å². The fraction of sp³-hybridized carbons (Fsp3) is 0.409. The summed E-state index contributed by atoms with van der Waals surface area (Å²) in [5.41, 5.74) is 1.83. The van der Waals surface area contributed by atoms with Crippen molar-refractivity contribution in [3.63, 3.8) is 0 Å². The summed E-state index contributed by atoms with van der Waals surface area (Å²) in [6.07, 6.45) is 0.990. The van der Waals surface area contributed by atoms with Gasteiger partial charge in [-0.15, -0.1) is 0 Å². The number of nitrogens with zero attached hydrogens (tertiary/aromatic N) is 1. The van der Waals surface area contributed by atoms with E-state index in [0.29, 0.717) is 25.4 Å². The first-order chi connectivity index (χ1) is 13.5. The highest BCUT2D eigenvalue weighted by Crippen LogP contribution is 2.33. The SMILES string of the molecule is CN(C)CCCOCC1(C)COc2ccc(C(=O)Nc3ccccc3)cc2N1. The molecule has 2 aromatic carbocycles. The molecule has 6 nitrogen and oxygen atoms in total. The number of para-hydroxylation sites is 1. The van der Waals surface area contributed by atoms with Gasteiger partial charge in [0.15, 0.2) is 0 Å². The molecule has 0 aliphatic carbocycles. The predicted octanol–water partition coefficient (Wildman–Crippen LogP) is 3.47. The number of anilines is 2. The maximum atomic E-state index is 12.6. The molecule has 28 heavy (non-hydrogen) atoms. The Bertz CT molecular complexity index is 795. The van der Waals surface area contributed by atoms with Crippen LogP contribution in [-0.4, -0.2) is 56.8 Å². The van der Waals surface area contributed by atoms with Crippen LogP contribution in [0, 0.1) is 0 Å². The molecule has 150 valence electrons. The smallest absolute Gasteiger partial charge is 0.255 e. The molecule has 0 saturated carbocycles. The minimum atomic E-state index is -0.334. The Kier molecular flexibility index (Phi) is 6.54. The molecule has 0 aromatic heterocycles. The summed E-state index contributed by atoms with van der Waals surface area (Å²) >= 11 is 0. The number of rotatable bonds is 8. The van der Waals surface area contributed by atoms with E-state index >= 15 is 0 Å². The minimum Gasteiger partial charge on any atom is -0.489 e. The Morgan fingerprint density at radius 2 is 2.04 bits per heavy atom. The van der Waals surface area contributed by atoms with Gasteiger partial charge in [-0.2, -0.15) is 0 Å². The predicted molar refractivity (Wildman–Crippen MR) is 112 cm³/mol. The van der Waals surface area contributed by atoms with Crippen LogP contribution in [0.3, 0.4) is 0 Å². The first-order valence-electron chi connectivity index (χ1n) is 9.59. The van der Waals surface area contributed by atoms with Crippen molar-refractivity contribution in [3.05, 3.63) is 54.1 Å². The van der Waals surface area contributed by atoms with E-state index in [9.17, 15) is 4.79 Å². The molecule has 1 unspecified atom stereocenters. The summed E-state index contributed by atoms with van der Waals surface area (Å²) in [4.78, 5) is 14.7. The summed E-state index contributed by atoms with van der Waals surface area (Å²) in [7, 11) is 4.11. The van der Waals surface area contributed by atoms with Crippen molar-refractivity contribution >= 4 is 17.3 Å². The van der Waals surface area contributed by atoms with Crippen molar-refractivity contribution in [2.24, 2.45) is 0 Å². The zero-order valence-corrected chi connectivity index (χ0v) is 16.8. The zero-order chi connectivity index (χ0) is 20.0. The molecule has 1 atom stereocenters. The van der Waals surface area contributed by atoms with Gasteiger partial charge in [0.25, 0.3) is 5.91 Å². The van der Waals surface area contributed by atoms with Crippen molar-refractivity contribution in [3.8, 4) is 5.75 Å². The van der Waals surface area contributed by atoms with Gasteiger partial charge in [0.05, 0.1) is 17.8 Å². The second-order valence-corrected chi connectivity index (χ2v) is 7.71. The van der Waals surface area contributed by atoms with E-state index in [1.165, 1.54) is 0 Å². The highest BCUT2D eigenvalue weighted by Gasteiger charge is 2.31. The van der Waals surface area contributed by atoms with Crippen LogP contribution in [0.2, 0.25) is 0 Å².